The van der Waals surface area contributed by atoms with Crippen molar-refractivity contribution in [2.45, 2.75) is 19.3 Å². The van der Waals surface area contributed by atoms with E-state index in [0.29, 0.717) is 5.58 Å². The minimum atomic E-state index is -0.357. The minimum absolute atomic E-state index is 0.0359. The van der Waals surface area contributed by atoms with Crippen molar-refractivity contribution in [1.82, 2.24) is 4.90 Å². The average molecular weight is 347 g/mol. The fourth-order valence-corrected chi connectivity index (χ4v) is 3.68. The van der Waals surface area contributed by atoms with Crippen molar-refractivity contribution in [1.29, 1.82) is 0 Å². The van der Waals surface area contributed by atoms with Gasteiger partial charge in [0.25, 0.3) is 0 Å². The molecule has 4 nitrogen and oxygen atoms in total. The van der Waals surface area contributed by atoms with Gasteiger partial charge in [0.1, 0.15) is 5.58 Å². The van der Waals surface area contributed by atoms with Crippen molar-refractivity contribution in [3.05, 3.63) is 70.1 Å². The van der Waals surface area contributed by atoms with Gasteiger partial charge >= 0.3 is 5.63 Å². The van der Waals surface area contributed by atoms with Crippen LogP contribution in [0.3, 0.4) is 0 Å². The van der Waals surface area contributed by atoms with Gasteiger partial charge in [0.2, 0.25) is 5.91 Å². The number of fused-ring (bicyclic) bond motifs is 1. The van der Waals surface area contributed by atoms with Crippen molar-refractivity contribution >= 4 is 16.9 Å². The molecular weight excluding hydrogens is 326 g/mol. The second-order valence-corrected chi connectivity index (χ2v) is 7.23. The highest BCUT2D eigenvalue weighted by Crippen LogP contribution is 2.49. The third-order valence-corrected chi connectivity index (χ3v) is 5.18. The van der Waals surface area contributed by atoms with Crippen LogP contribution in [0.4, 0.5) is 0 Å². The first-order chi connectivity index (χ1) is 12.5. The van der Waals surface area contributed by atoms with Crippen LogP contribution in [-0.2, 0) is 4.79 Å². The molecule has 4 rings (SSSR count). The maximum Gasteiger partial charge on any atom is 0.336 e. The van der Waals surface area contributed by atoms with Crippen molar-refractivity contribution in [3.63, 3.8) is 0 Å². The van der Waals surface area contributed by atoms with Crippen molar-refractivity contribution in [2.75, 3.05) is 14.1 Å². The maximum absolute atomic E-state index is 12.1. The Morgan fingerprint density at radius 3 is 2.58 bits per heavy atom. The Morgan fingerprint density at radius 2 is 1.85 bits per heavy atom. The molecule has 2 aromatic carbocycles. The van der Waals surface area contributed by atoms with Gasteiger partial charge in [-0.1, -0.05) is 36.4 Å². The van der Waals surface area contributed by atoms with E-state index in [4.69, 9.17) is 4.42 Å². The smallest absolute Gasteiger partial charge is 0.336 e. The Labute approximate surface area is 152 Å². The molecule has 132 valence electrons. The summed E-state index contributed by atoms with van der Waals surface area (Å²) in [7, 11) is 3.57. The maximum atomic E-state index is 12.1. The topological polar surface area (TPSA) is 50.5 Å². The molecule has 0 aliphatic heterocycles. The molecule has 1 fully saturated rings. The summed E-state index contributed by atoms with van der Waals surface area (Å²) in [5, 5.41) is 0.916. The highest BCUT2D eigenvalue weighted by atomic mass is 16.4. The number of hydrogen-bond donors (Lipinski definition) is 0. The van der Waals surface area contributed by atoms with Crippen LogP contribution in [0.1, 0.15) is 23.5 Å². The van der Waals surface area contributed by atoms with E-state index < -0.39 is 0 Å². The first kappa shape index (κ1) is 16.6. The summed E-state index contributed by atoms with van der Waals surface area (Å²) in [4.78, 5) is 25.9. The molecule has 2 atom stereocenters. The molecule has 1 aromatic heterocycles. The first-order valence-corrected chi connectivity index (χ1v) is 8.80. The number of carbonyl (C=O) groups excluding carboxylic acids is 1. The Bertz CT molecular complexity index is 1060. The summed E-state index contributed by atoms with van der Waals surface area (Å²) >= 11 is 0. The third kappa shape index (κ3) is 2.81. The highest BCUT2D eigenvalue weighted by Gasteiger charge is 2.44. The second-order valence-electron chi connectivity index (χ2n) is 7.23. The van der Waals surface area contributed by atoms with Crippen molar-refractivity contribution in [2.24, 2.45) is 5.92 Å². The van der Waals surface area contributed by atoms with Crippen LogP contribution >= 0.6 is 0 Å². The number of rotatable bonds is 3. The summed E-state index contributed by atoms with van der Waals surface area (Å²) in [5.41, 5.74) is 4.31. The lowest BCUT2D eigenvalue weighted by Crippen LogP contribution is -2.23. The predicted octanol–water partition coefficient (Wildman–Crippen LogP) is 3.96. The predicted molar refractivity (Wildman–Crippen MR) is 102 cm³/mol. The van der Waals surface area contributed by atoms with Gasteiger partial charge in [0, 0.05) is 37.0 Å². The fraction of sp³-hybridized carbons (Fsp3) is 0.273. The summed E-state index contributed by atoms with van der Waals surface area (Å²) in [5.74, 6) is 0.403. The molecule has 0 bridgehead atoms. The van der Waals surface area contributed by atoms with Gasteiger partial charge < -0.3 is 9.32 Å². The lowest BCUT2D eigenvalue weighted by molar-refractivity contribution is -0.130. The summed E-state index contributed by atoms with van der Waals surface area (Å²) in [6.45, 7) is 2.03. The molecule has 1 aliphatic rings. The van der Waals surface area contributed by atoms with Crippen molar-refractivity contribution < 1.29 is 9.21 Å². The zero-order chi connectivity index (χ0) is 18.4. The van der Waals surface area contributed by atoms with E-state index in [1.165, 1.54) is 0 Å². The number of hydrogen-bond acceptors (Lipinski definition) is 3. The van der Waals surface area contributed by atoms with E-state index in [1.807, 2.05) is 43.3 Å². The van der Waals surface area contributed by atoms with Crippen LogP contribution in [0.2, 0.25) is 0 Å². The molecule has 1 aliphatic carbocycles. The SMILES string of the molecule is Cc1ccccc1-c1cc(=O)oc2cc([C@H]3C[C@H]3C(=O)N(C)C)ccc12. The second kappa shape index (κ2) is 6.13. The molecule has 0 spiro atoms. The van der Waals surface area contributed by atoms with Crippen LogP contribution in [0.15, 0.2) is 57.7 Å². The molecule has 0 unspecified atom stereocenters. The standard InChI is InChI=1S/C22H21NO3/c1-13-6-4-5-7-15(13)18-12-21(24)26-20-10-14(8-9-16(18)20)17-11-19(17)22(25)23(2)3/h4-10,12,17,19H,11H2,1-3H3/t17-,19-/m1/s1. The average Bonchev–Trinajstić information content (AvgIpc) is 3.41. The molecule has 1 amide bonds. The van der Waals surface area contributed by atoms with Crippen LogP contribution in [0.25, 0.3) is 22.1 Å². The quantitative estimate of drug-likeness (QED) is 0.674. The van der Waals surface area contributed by atoms with E-state index in [2.05, 4.69) is 6.07 Å². The zero-order valence-corrected chi connectivity index (χ0v) is 15.2. The largest absolute Gasteiger partial charge is 0.423 e. The fourth-order valence-electron chi connectivity index (χ4n) is 3.68. The van der Waals surface area contributed by atoms with E-state index >= 15 is 0 Å². The Hall–Kier alpha value is -2.88. The Balaban J connectivity index is 1.78. The van der Waals surface area contributed by atoms with Crippen LogP contribution in [0, 0.1) is 12.8 Å². The summed E-state index contributed by atoms with van der Waals surface area (Å²) < 4.78 is 5.47. The molecule has 4 heteroatoms. The van der Waals surface area contributed by atoms with Gasteiger partial charge in [-0.25, -0.2) is 4.79 Å². The molecule has 3 aromatic rings. The van der Waals surface area contributed by atoms with Gasteiger partial charge in [0.05, 0.1) is 0 Å². The number of benzene rings is 2. The van der Waals surface area contributed by atoms with Crippen LogP contribution in [0.5, 0.6) is 0 Å². The van der Waals surface area contributed by atoms with Gasteiger partial charge in [-0.3, -0.25) is 4.79 Å². The summed E-state index contributed by atoms with van der Waals surface area (Å²) in [6.07, 6.45) is 0.851. The molecule has 1 heterocycles. The lowest BCUT2D eigenvalue weighted by Gasteiger charge is -2.11. The molecule has 0 N–H and O–H groups in total. The van der Waals surface area contributed by atoms with Gasteiger partial charge in [-0.2, -0.15) is 0 Å². The molecule has 1 saturated carbocycles. The van der Waals surface area contributed by atoms with Gasteiger partial charge in [-0.15, -0.1) is 0 Å². The minimum Gasteiger partial charge on any atom is -0.423 e. The molecular formula is C22H21NO3. The van der Waals surface area contributed by atoms with E-state index in [9.17, 15) is 9.59 Å². The number of nitrogens with zero attached hydrogens (tertiary/aromatic N) is 1. The van der Waals surface area contributed by atoms with E-state index in [-0.39, 0.29) is 23.4 Å². The van der Waals surface area contributed by atoms with Gasteiger partial charge in [-0.05, 0) is 42.0 Å². The number of aryl methyl sites for hydroxylation is 1. The lowest BCUT2D eigenvalue weighted by atomic mass is 9.96. The number of amides is 1. The van der Waals surface area contributed by atoms with Crippen molar-refractivity contribution in [3.8, 4) is 11.1 Å². The highest BCUT2D eigenvalue weighted by molar-refractivity contribution is 5.94. The first-order valence-electron chi connectivity index (χ1n) is 8.80. The summed E-state index contributed by atoms with van der Waals surface area (Å²) in [6, 6.07) is 15.5. The van der Waals surface area contributed by atoms with E-state index in [1.54, 1.807) is 25.1 Å². The van der Waals surface area contributed by atoms with Crippen LogP contribution in [-0.4, -0.2) is 24.9 Å². The molecule has 0 saturated heterocycles. The molecule has 0 radical (unpaired) electrons. The van der Waals surface area contributed by atoms with Crippen LogP contribution < -0.4 is 5.63 Å². The van der Waals surface area contributed by atoms with Gasteiger partial charge in [0.15, 0.2) is 0 Å². The monoisotopic (exact) mass is 347 g/mol. The number of carbonyl (C=O) groups is 1. The molecule has 26 heavy (non-hydrogen) atoms. The zero-order valence-electron chi connectivity index (χ0n) is 15.2. The third-order valence-electron chi connectivity index (χ3n) is 5.18. The Kier molecular flexibility index (Phi) is 3.91. The normalized spacial score (nSPS) is 18.7. The Morgan fingerprint density at radius 1 is 1.08 bits per heavy atom. The van der Waals surface area contributed by atoms with E-state index in [0.717, 1.165) is 34.1 Å².